The van der Waals surface area contributed by atoms with Crippen molar-refractivity contribution in [2.45, 2.75) is 0 Å². The van der Waals surface area contributed by atoms with Crippen molar-refractivity contribution in [2.24, 2.45) is 0 Å². The minimum Gasteiger partial charge on any atom is -0.389 e. The second-order valence-corrected chi connectivity index (χ2v) is 4.15. The van der Waals surface area contributed by atoms with Crippen LogP contribution in [-0.2, 0) is 0 Å². The molecule has 0 aromatic carbocycles. The van der Waals surface area contributed by atoms with E-state index in [1.807, 2.05) is 6.07 Å². The van der Waals surface area contributed by atoms with E-state index in [1.165, 1.54) is 20.7 Å². The largest absolute Gasteiger partial charge is 0.389 e. The molecule has 0 aliphatic rings. The Labute approximate surface area is 64.6 Å². The van der Waals surface area contributed by atoms with Gasteiger partial charge in [0.05, 0.1) is 0 Å². The fourth-order valence-corrected chi connectivity index (χ4v) is 2.59. The van der Waals surface area contributed by atoms with E-state index in [2.05, 4.69) is 0 Å². The standard InChI is InChI=1S/C4H2N2S3/c5-1-2-3(6)8-9-4(2)7/h6H2. The molecule has 0 saturated heterocycles. The monoisotopic (exact) mass is 174 g/mol. The Balaban J connectivity index is 3.46. The van der Waals surface area contributed by atoms with Crippen molar-refractivity contribution in [1.29, 1.82) is 5.26 Å². The van der Waals surface area contributed by atoms with E-state index < -0.39 is 0 Å². The van der Waals surface area contributed by atoms with Crippen molar-refractivity contribution >= 4 is 37.9 Å². The van der Waals surface area contributed by atoms with E-state index in [4.69, 9.17) is 23.2 Å². The second kappa shape index (κ2) is 2.43. The molecule has 1 rings (SSSR count). The van der Waals surface area contributed by atoms with Crippen LogP contribution in [0.4, 0.5) is 5.00 Å². The van der Waals surface area contributed by atoms with Crippen LogP contribution in [0.25, 0.3) is 0 Å². The average molecular weight is 174 g/mol. The highest BCUT2D eigenvalue weighted by atomic mass is 32.9. The minimum atomic E-state index is 0.458. The van der Waals surface area contributed by atoms with E-state index >= 15 is 0 Å². The molecule has 1 heterocycles. The first-order valence-corrected chi connectivity index (χ1v) is 4.60. The summed E-state index contributed by atoms with van der Waals surface area (Å²) in [5.41, 5.74) is 5.85. The number of nitrogen functional groups attached to an aromatic ring is 1. The van der Waals surface area contributed by atoms with E-state index in [0.717, 1.165) is 0 Å². The van der Waals surface area contributed by atoms with Gasteiger partial charge in [0, 0.05) is 0 Å². The summed E-state index contributed by atoms with van der Waals surface area (Å²) in [6, 6.07) is 1.94. The quantitative estimate of drug-likeness (QED) is 0.483. The van der Waals surface area contributed by atoms with Crippen LogP contribution in [-0.4, -0.2) is 0 Å². The van der Waals surface area contributed by atoms with Gasteiger partial charge in [-0.2, -0.15) is 5.26 Å². The van der Waals surface area contributed by atoms with Crippen LogP contribution in [0.1, 0.15) is 5.56 Å². The molecule has 2 nitrogen and oxygen atoms in total. The Hall–Kier alpha value is -0.440. The van der Waals surface area contributed by atoms with Crippen molar-refractivity contribution in [2.75, 3.05) is 5.73 Å². The molecule has 2 N–H and O–H groups in total. The van der Waals surface area contributed by atoms with Gasteiger partial charge >= 0.3 is 0 Å². The number of hydrogen-bond donors (Lipinski definition) is 1. The van der Waals surface area contributed by atoms with Gasteiger partial charge in [-0.3, -0.25) is 0 Å². The van der Waals surface area contributed by atoms with Crippen LogP contribution in [0.5, 0.6) is 0 Å². The summed E-state index contributed by atoms with van der Waals surface area (Å²) in [6.07, 6.45) is 0. The molecule has 0 radical (unpaired) electrons. The number of nitriles is 1. The third kappa shape index (κ3) is 1.10. The van der Waals surface area contributed by atoms with Gasteiger partial charge in [-0.1, -0.05) is 32.9 Å². The second-order valence-electron chi connectivity index (χ2n) is 1.31. The summed E-state index contributed by atoms with van der Waals surface area (Å²) >= 11 is 4.80. The van der Waals surface area contributed by atoms with E-state index in [0.29, 0.717) is 14.4 Å². The summed E-state index contributed by atoms with van der Waals surface area (Å²) in [6.45, 7) is 0. The molecule has 0 spiro atoms. The molecule has 46 valence electrons. The van der Waals surface area contributed by atoms with Gasteiger partial charge in [-0.05, 0) is 0 Å². The molecule has 1 aromatic rings. The minimum absolute atomic E-state index is 0.458. The zero-order chi connectivity index (χ0) is 6.85. The SMILES string of the molecule is N#Cc1c(N)ssc1=S. The van der Waals surface area contributed by atoms with E-state index in [1.54, 1.807) is 0 Å². The fourth-order valence-electron chi connectivity index (χ4n) is 0.367. The zero-order valence-electron chi connectivity index (χ0n) is 4.25. The first-order chi connectivity index (χ1) is 4.25. The fraction of sp³-hybridized carbons (Fsp3) is 0. The molecule has 9 heavy (non-hydrogen) atoms. The highest BCUT2D eigenvalue weighted by Crippen LogP contribution is 2.25. The van der Waals surface area contributed by atoms with Crippen LogP contribution < -0.4 is 5.73 Å². The topological polar surface area (TPSA) is 49.8 Å². The van der Waals surface area contributed by atoms with Gasteiger partial charge in [-0.25, -0.2) is 0 Å². The molecule has 0 bridgehead atoms. The summed E-state index contributed by atoms with van der Waals surface area (Å²) in [4.78, 5) is 0. The molecule has 0 aliphatic heterocycles. The van der Waals surface area contributed by atoms with Crippen LogP contribution in [0.15, 0.2) is 0 Å². The van der Waals surface area contributed by atoms with E-state index in [-0.39, 0.29) is 0 Å². The van der Waals surface area contributed by atoms with Crippen LogP contribution >= 0.6 is 32.9 Å². The number of anilines is 1. The lowest BCUT2D eigenvalue weighted by molar-refractivity contribution is 1.51. The first-order valence-electron chi connectivity index (χ1n) is 2.04. The highest BCUT2D eigenvalue weighted by molar-refractivity contribution is 7.80. The predicted octanol–water partition coefficient (Wildman–Crippen LogP) is 1.99. The van der Waals surface area contributed by atoms with Gasteiger partial charge in [0.1, 0.15) is 20.5 Å². The van der Waals surface area contributed by atoms with E-state index in [9.17, 15) is 0 Å². The lowest BCUT2D eigenvalue weighted by Gasteiger charge is -1.77. The number of hydrogen-bond acceptors (Lipinski definition) is 5. The third-order valence-corrected chi connectivity index (χ3v) is 3.65. The lowest BCUT2D eigenvalue weighted by Crippen LogP contribution is -1.81. The Bertz CT molecular complexity index is 302. The smallest absolute Gasteiger partial charge is 0.121 e. The molecule has 1 aromatic heterocycles. The summed E-state index contributed by atoms with van der Waals surface area (Å²) in [5, 5.41) is 8.94. The highest BCUT2D eigenvalue weighted by Gasteiger charge is 2.01. The molecule has 0 atom stereocenters. The lowest BCUT2D eigenvalue weighted by atomic mass is 10.4. The predicted molar refractivity (Wildman–Crippen MR) is 42.2 cm³/mol. The molecular weight excluding hydrogens is 172 g/mol. The van der Waals surface area contributed by atoms with Crippen molar-refractivity contribution in [1.82, 2.24) is 0 Å². The summed E-state index contributed by atoms with van der Waals surface area (Å²) in [7, 11) is 2.71. The van der Waals surface area contributed by atoms with Gasteiger partial charge in [0.2, 0.25) is 0 Å². The molecule has 0 saturated carbocycles. The molecule has 0 aliphatic carbocycles. The third-order valence-electron chi connectivity index (χ3n) is 0.769. The van der Waals surface area contributed by atoms with Crippen molar-refractivity contribution in [3.8, 4) is 6.07 Å². The van der Waals surface area contributed by atoms with Crippen LogP contribution in [0.3, 0.4) is 0 Å². The van der Waals surface area contributed by atoms with Crippen molar-refractivity contribution in [3.05, 3.63) is 9.39 Å². The Kier molecular flexibility index (Phi) is 1.81. The summed E-state index contributed by atoms with van der Waals surface area (Å²) < 4.78 is 0.597. The number of nitrogens with zero attached hydrogens (tertiary/aromatic N) is 1. The van der Waals surface area contributed by atoms with Crippen molar-refractivity contribution in [3.63, 3.8) is 0 Å². The average Bonchev–Trinajstić information content (AvgIpc) is 2.12. The van der Waals surface area contributed by atoms with Gasteiger partial charge in [-0.15, -0.1) is 0 Å². The zero-order valence-corrected chi connectivity index (χ0v) is 6.70. The van der Waals surface area contributed by atoms with Crippen LogP contribution in [0, 0.1) is 15.2 Å². The van der Waals surface area contributed by atoms with Crippen LogP contribution in [0.2, 0.25) is 0 Å². The first kappa shape index (κ1) is 6.68. The van der Waals surface area contributed by atoms with Gasteiger partial charge in [0.25, 0.3) is 0 Å². The maximum Gasteiger partial charge on any atom is 0.121 e. The molecule has 0 fully saturated rings. The maximum absolute atomic E-state index is 8.40. The molecular formula is C4H2N2S3. The van der Waals surface area contributed by atoms with Crippen molar-refractivity contribution < 1.29 is 0 Å². The molecule has 5 heteroatoms. The Morgan fingerprint density at radius 3 is 2.44 bits per heavy atom. The summed E-state index contributed by atoms with van der Waals surface area (Å²) in [5.74, 6) is 0. The Morgan fingerprint density at radius 1 is 1.56 bits per heavy atom. The normalized spacial score (nSPS) is 8.78. The molecule has 0 unspecified atom stereocenters. The number of nitrogens with two attached hydrogens (primary N) is 1. The molecule has 0 amide bonds. The van der Waals surface area contributed by atoms with Gasteiger partial charge < -0.3 is 5.73 Å². The Morgan fingerprint density at radius 2 is 2.22 bits per heavy atom. The number of rotatable bonds is 0. The maximum atomic E-state index is 8.40. The van der Waals surface area contributed by atoms with Gasteiger partial charge in [0.15, 0.2) is 0 Å².